The van der Waals surface area contributed by atoms with Crippen molar-refractivity contribution in [3.05, 3.63) is 73.9 Å². The maximum Gasteiger partial charge on any atom is 0.329 e. The van der Waals surface area contributed by atoms with Gasteiger partial charge < -0.3 is 10.1 Å². The Hall–Kier alpha value is -3.20. The number of benzene rings is 2. The second kappa shape index (κ2) is 9.52. The fourth-order valence-electron chi connectivity index (χ4n) is 4.01. The molecule has 3 amide bonds. The van der Waals surface area contributed by atoms with Crippen LogP contribution in [0.25, 0.3) is 6.08 Å². The third-order valence-electron chi connectivity index (χ3n) is 5.66. The summed E-state index contributed by atoms with van der Waals surface area (Å²) >= 11 is 3.43. The lowest BCUT2D eigenvalue weighted by atomic mass is 9.94. The van der Waals surface area contributed by atoms with Crippen molar-refractivity contribution in [2.45, 2.75) is 44.8 Å². The van der Waals surface area contributed by atoms with Crippen LogP contribution in [0.5, 0.6) is 5.75 Å². The molecule has 1 saturated heterocycles. The molecule has 2 aliphatic rings. The van der Waals surface area contributed by atoms with Gasteiger partial charge in [-0.05, 0) is 54.8 Å². The molecule has 2 aromatic carbocycles. The molecular weight excluding hydrogens is 478 g/mol. The van der Waals surface area contributed by atoms with Crippen LogP contribution in [0.3, 0.4) is 0 Å². The van der Waals surface area contributed by atoms with Crippen LogP contribution in [0, 0.1) is 10.1 Å². The second-order valence-electron chi connectivity index (χ2n) is 7.85. The number of hydrogen-bond acceptors (Lipinski definition) is 5. The van der Waals surface area contributed by atoms with Crippen LogP contribution in [0.2, 0.25) is 0 Å². The molecule has 1 N–H and O–H groups in total. The quantitative estimate of drug-likeness (QED) is 0.256. The first-order chi connectivity index (χ1) is 15.4. The zero-order valence-electron chi connectivity index (χ0n) is 17.3. The molecule has 0 bridgehead atoms. The van der Waals surface area contributed by atoms with Crippen molar-refractivity contribution in [2.24, 2.45) is 0 Å². The molecular formula is C23H22BrN3O5. The van der Waals surface area contributed by atoms with Crippen molar-refractivity contribution < 1.29 is 19.2 Å². The second-order valence-corrected chi connectivity index (χ2v) is 8.77. The Morgan fingerprint density at radius 1 is 1.12 bits per heavy atom. The van der Waals surface area contributed by atoms with Crippen molar-refractivity contribution in [1.82, 2.24) is 10.2 Å². The number of halogens is 1. The Morgan fingerprint density at radius 2 is 1.84 bits per heavy atom. The number of imide groups is 1. The van der Waals surface area contributed by atoms with E-state index in [9.17, 15) is 19.7 Å². The number of nitrogens with one attached hydrogen (secondary N) is 1. The first-order valence-electron chi connectivity index (χ1n) is 10.4. The predicted molar refractivity (Wildman–Crippen MR) is 122 cm³/mol. The third kappa shape index (κ3) is 4.83. The molecule has 2 fully saturated rings. The number of rotatable bonds is 6. The molecule has 1 heterocycles. The first-order valence-corrected chi connectivity index (χ1v) is 11.2. The Bertz CT molecular complexity index is 1080. The lowest BCUT2D eigenvalue weighted by Gasteiger charge is -2.28. The number of urea groups is 1. The summed E-state index contributed by atoms with van der Waals surface area (Å²) in [5.74, 6) is 0.209. The monoisotopic (exact) mass is 499 g/mol. The van der Waals surface area contributed by atoms with E-state index in [0.29, 0.717) is 11.3 Å². The first kappa shape index (κ1) is 22.0. The van der Waals surface area contributed by atoms with E-state index in [1.54, 1.807) is 30.3 Å². The van der Waals surface area contributed by atoms with Crippen LogP contribution in [-0.2, 0) is 11.4 Å². The molecule has 1 saturated carbocycles. The molecule has 166 valence electrons. The third-order valence-corrected chi connectivity index (χ3v) is 6.16. The van der Waals surface area contributed by atoms with E-state index in [1.165, 1.54) is 17.0 Å². The van der Waals surface area contributed by atoms with Crippen LogP contribution >= 0.6 is 15.9 Å². The summed E-state index contributed by atoms with van der Waals surface area (Å²) in [5, 5.41) is 13.5. The lowest BCUT2D eigenvalue weighted by Crippen LogP contribution is -2.41. The predicted octanol–water partition coefficient (Wildman–Crippen LogP) is 5.16. The zero-order chi connectivity index (χ0) is 22.7. The topological polar surface area (TPSA) is 102 Å². The summed E-state index contributed by atoms with van der Waals surface area (Å²) in [7, 11) is 0. The van der Waals surface area contributed by atoms with Crippen molar-refractivity contribution in [3.8, 4) is 5.75 Å². The summed E-state index contributed by atoms with van der Waals surface area (Å²) in [5.41, 5.74) is 1.64. The van der Waals surface area contributed by atoms with Gasteiger partial charge in [-0.25, -0.2) is 4.79 Å². The van der Waals surface area contributed by atoms with Gasteiger partial charge in [-0.1, -0.05) is 35.2 Å². The summed E-state index contributed by atoms with van der Waals surface area (Å²) in [4.78, 5) is 37.1. The molecule has 1 aliphatic heterocycles. The molecule has 8 nitrogen and oxygen atoms in total. The van der Waals surface area contributed by atoms with Gasteiger partial charge in [0.25, 0.3) is 11.6 Å². The van der Waals surface area contributed by atoms with Crippen LogP contribution in [-0.4, -0.2) is 27.8 Å². The van der Waals surface area contributed by atoms with E-state index in [2.05, 4.69) is 21.2 Å². The maximum atomic E-state index is 12.9. The van der Waals surface area contributed by atoms with Crippen LogP contribution in [0.15, 0.2) is 52.6 Å². The molecule has 0 spiro atoms. The van der Waals surface area contributed by atoms with Gasteiger partial charge in [-0.3, -0.25) is 19.8 Å². The molecule has 2 aromatic rings. The highest BCUT2D eigenvalue weighted by molar-refractivity contribution is 9.10. The molecule has 0 radical (unpaired) electrons. The normalized spacial score (nSPS) is 18.2. The van der Waals surface area contributed by atoms with Crippen molar-refractivity contribution in [1.29, 1.82) is 0 Å². The Morgan fingerprint density at radius 3 is 2.53 bits per heavy atom. The van der Waals surface area contributed by atoms with Gasteiger partial charge in [0.2, 0.25) is 0 Å². The number of nitrogens with zero attached hydrogens (tertiary/aromatic N) is 2. The fourth-order valence-corrected chi connectivity index (χ4v) is 4.39. The number of nitro groups is 1. The zero-order valence-corrected chi connectivity index (χ0v) is 18.8. The van der Waals surface area contributed by atoms with E-state index in [1.807, 2.05) is 6.07 Å². The van der Waals surface area contributed by atoms with Gasteiger partial charge in [0.05, 0.1) is 4.92 Å². The number of carbonyl (C=O) groups is 2. The minimum absolute atomic E-state index is 0.0146. The maximum absolute atomic E-state index is 12.9. The van der Waals surface area contributed by atoms with E-state index in [4.69, 9.17) is 4.74 Å². The van der Waals surface area contributed by atoms with Gasteiger partial charge >= 0.3 is 6.03 Å². The minimum atomic E-state index is -0.451. The van der Waals surface area contributed by atoms with Gasteiger partial charge in [-0.15, -0.1) is 0 Å². The highest BCUT2D eigenvalue weighted by Gasteiger charge is 2.39. The van der Waals surface area contributed by atoms with Gasteiger partial charge in [0.1, 0.15) is 18.1 Å². The Labute approximate surface area is 193 Å². The molecule has 32 heavy (non-hydrogen) atoms. The smallest absolute Gasteiger partial charge is 0.329 e. The molecule has 0 aromatic heterocycles. The summed E-state index contributed by atoms with van der Waals surface area (Å²) in [6.07, 6.45) is 6.48. The summed E-state index contributed by atoms with van der Waals surface area (Å²) < 4.78 is 6.72. The summed E-state index contributed by atoms with van der Waals surface area (Å²) in [6.45, 7) is 0.199. The number of ether oxygens (including phenoxy) is 1. The van der Waals surface area contributed by atoms with Crippen molar-refractivity contribution in [2.75, 3.05) is 0 Å². The van der Waals surface area contributed by atoms with Gasteiger partial charge in [-0.2, -0.15) is 0 Å². The largest absolute Gasteiger partial charge is 0.488 e. The number of amides is 3. The summed E-state index contributed by atoms with van der Waals surface area (Å²) in [6, 6.07) is 11.1. The average molecular weight is 500 g/mol. The SMILES string of the molecule is O=C1N/C(=C\c2cc(Br)ccc2OCc2ccc([N+](=O)[O-])cc2)C(=O)N1C1CCCCC1. The molecule has 1 aliphatic carbocycles. The van der Waals surface area contributed by atoms with Gasteiger partial charge in [0.15, 0.2) is 0 Å². The van der Waals surface area contributed by atoms with Crippen LogP contribution in [0.1, 0.15) is 43.2 Å². The Balaban J connectivity index is 1.53. The molecule has 0 unspecified atom stereocenters. The number of carbonyl (C=O) groups excluding carboxylic acids is 2. The lowest BCUT2D eigenvalue weighted by molar-refractivity contribution is -0.384. The van der Waals surface area contributed by atoms with Crippen LogP contribution < -0.4 is 10.1 Å². The number of hydrogen-bond donors (Lipinski definition) is 1. The van der Waals surface area contributed by atoms with E-state index < -0.39 is 4.92 Å². The molecule has 9 heteroatoms. The number of non-ortho nitro benzene ring substituents is 1. The average Bonchev–Trinajstić information content (AvgIpc) is 3.06. The molecule has 0 atom stereocenters. The standard InChI is InChI=1S/C23H22BrN3O5/c24-17-8-11-21(32-14-15-6-9-19(10-7-15)27(30)31)16(12-17)13-20-22(28)26(23(29)25-20)18-4-2-1-3-5-18/h6-13,18H,1-5,14H2,(H,25,29)/b20-13-. The Kier molecular flexibility index (Phi) is 6.55. The molecule has 4 rings (SSSR count). The number of nitro benzene ring substituents is 1. The van der Waals surface area contributed by atoms with Gasteiger partial charge in [0, 0.05) is 28.2 Å². The van der Waals surface area contributed by atoms with E-state index in [0.717, 1.165) is 42.1 Å². The van der Waals surface area contributed by atoms with Crippen molar-refractivity contribution >= 4 is 39.6 Å². The van der Waals surface area contributed by atoms with Crippen LogP contribution in [0.4, 0.5) is 10.5 Å². The van der Waals surface area contributed by atoms with Crippen molar-refractivity contribution in [3.63, 3.8) is 0 Å². The highest BCUT2D eigenvalue weighted by atomic mass is 79.9. The highest BCUT2D eigenvalue weighted by Crippen LogP contribution is 2.30. The minimum Gasteiger partial charge on any atom is -0.488 e. The van der Waals surface area contributed by atoms with E-state index in [-0.39, 0.29) is 36.0 Å². The van der Waals surface area contributed by atoms with E-state index >= 15 is 0 Å². The fraction of sp³-hybridized carbons (Fsp3) is 0.304.